The largest absolute Gasteiger partial charge is 0.354 e. The Labute approximate surface area is 156 Å². The molecule has 2 aromatic rings. The fourth-order valence-electron chi connectivity index (χ4n) is 3.51. The number of likely N-dealkylation sites (tertiary alicyclic amines) is 1. The lowest BCUT2D eigenvalue weighted by Gasteiger charge is -2.30. The Balaban J connectivity index is 1.81. The number of carbonyl (C=O) groups is 1. The lowest BCUT2D eigenvalue weighted by Crippen LogP contribution is -2.37. The van der Waals surface area contributed by atoms with E-state index >= 15 is 0 Å². The normalized spacial score (nSPS) is 15.3. The molecule has 0 atom stereocenters. The predicted octanol–water partition coefficient (Wildman–Crippen LogP) is 5.13. The van der Waals surface area contributed by atoms with Crippen molar-refractivity contribution in [3.63, 3.8) is 0 Å². The van der Waals surface area contributed by atoms with E-state index in [1.807, 2.05) is 11.0 Å². The third-order valence-electron chi connectivity index (χ3n) is 5.25. The number of hydrogen-bond acceptors (Lipinski definition) is 3. The summed E-state index contributed by atoms with van der Waals surface area (Å²) in [5, 5.41) is 3.49. The molecule has 26 heavy (non-hydrogen) atoms. The van der Waals surface area contributed by atoms with Gasteiger partial charge < -0.3 is 10.2 Å². The van der Waals surface area contributed by atoms with E-state index in [0.717, 1.165) is 37.3 Å². The van der Waals surface area contributed by atoms with Gasteiger partial charge in [0.1, 0.15) is 0 Å². The van der Waals surface area contributed by atoms with Crippen molar-refractivity contribution in [3.05, 3.63) is 53.3 Å². The molecule has 1 aliphatic heterocycles. The smallest absolute Gasteiger partial charge is 0.255 e. The van der Waals surface area contributed by atoms with Gasteiger partial charge in [-0.2, -0.15) is 0 Å². The first-order valence-corrected chi connectivity index (χ1v) is 9.56. The quantitative estimate of drug-likeness (QED) is 0.830. The average Bonchev–Trinajstić information content (AvgIpc) is 2.63. The summed E-state index contributed by atoms with van der Waals surface area (Å²) in [7, 11) is 0. The second kappa shape index (κ2) is 7.90. The second-order valence-corrected chi connectivity index (χ2v) is 7.76. The molecule has 4 heteroatoms. The Hall–Kier alpha value is -2.36. The molecule has 0 radical (unpaired) electrons. The fourth-order valence-corrected chi connectivity index (χ4v) is 3.51. The highest BCUT2D eigenvalue weighted by molar-refractivity contribution is 5.95. The molecule has 1 aromatic heterocycles. The fraction of sp³-hybridized carbons (Fsp3) is 0.455. The summed E-state index contributed by atoms with van der Waals surface area (Å²) in [5.74, 6) is 1.22. The molecule has 2 heterocycles. The van der Waals surface area contributed by atoms with E-state index < -0.39 is 0 Å². The molecule has 1 aliphatic rings. The van der Waals surface area contributed by atoms with Crippen molar-refractivity contribution in [1.82, 2.24) is 9.88 Å². The maximum absolute atomic E-state index is 12.8. The monoisotopic (exact) mass is 351 g/mol. The van der Waals surface area contributed by atoms with Crippen molar-refractivity contribution in [2.75, 3.05) is 18.4 Å². The van der Waals surface area contributed by atoms with E-state index in [9.17, 15) is 4.79 Å². The standard InChI is InChI=1S/C22H29N3O/c1-15(2)20-7-5-6-17(4)21(20)24-19-12-18(13-23-14-19)22(26)25-10-8-16(3)9-11-25/h5-7,12-16,24H,8-11H2,1-4H3. The molecular weight excluding hydrogens is 322 g/mol. The number of nitrogens with zero attached hydrogens (tertiary/aromatic N) is 2. The maximum Gasteiger partial charge on any atom is 0.255 e. The molecule has 138 valence electrons. The van der Waals surface area contributed by atoms with Gasteiger partial charge in [0.25, 0.3) is 5.91 Å². The van der Waals surface area contributed by atoms with E-state index in [1.165, 1.54) is 11.1 Å². The minimum Gasteiger partial charge on any atom is -0.354 e. The Morgan fingerprint density at radius 3 is 2.65 bits per heavy atom. The number of para-hydroxylation sites is 1. The molecule has 0 saturated carbocycles. The van der Waals surface area contributed by atoms with Crippen molar-refractivity contribution in [2.24, 2.45) is 5.92 Å². The third-order valence-corrected chi connectivity index (χ3v) is 5.25. The highest BCUT2D eigenvalue weighted by atomic mass is 16.2. The summed E-state index contributed by atoms with van der Waals surface area (Å²) in [6.07, 6.45) is 5.62. The summed E-state index contributed by atoms with van der Waals surface area (Å²) < 4.78 is 0. The van der Waals surface area contributed by atoms with Crippen LogP contribution < -0.4 is 5.32 Å². The highest BCUT2D eigenvalue weighted by Gasteiger charge is 2.22. The van der Waals surface area contributed by atoms with Gasteiger partial charge in [-0.1, -0.05) is 39.0 Å². The number of nitrogens with one attached hydrogen (secondary N) is 1. The first-order chi connectivity index (χ1) is 12.5. The Morgan fingerprint density at radius 2 is 1.96 bits per heavy atom. The van der Waals surface area contributed by atoms with Gasteiger partial charge in [0.2, 0.25) is 0 Å². The molecule has 1 amide bonds. The minimum atomic E-state index is 0.0851. The average molecular weight is 351 g/mol. The van der Waals surface area contributed by atoms with Crippen LogP contribution in [0.25, 0.3) is 0 Å². The molecule has 0 aliphatic carbocycles. The highest BCUT2D eigenvalue weighted by Crippen LogP contribution is 2.30. The van der Waals surface area contributed by atoms with Crippen LogP contribution in [0.3, 0.4) is 0 Å². The van der Waals surface area contributed by atoms with E-state index in [-0.39, 0.29) is 5.91 Å². The molecule has 1 N–H and O–H groups in total. The zero-order valence-electron chi connectivity index (χ0n) is 16.2. The Kier molecular flexibility index (Phi) is 5.60. The molecule has 1 fully saturated rings. The first-order valence-electron chi connectivity index (χ1n) is 9.56. The van der Waals surface area contributed by atoms with Crippen molar-refractivity contribution >= 4 is 17.3 Å². The van der Waals surface area contributed by atoms with Gasteiger partial charge >= 0.3 is 0 Å². The van der Waals surface area contributed by atoms with E-state index in [1.54, 1.807) is 12.4 Å². The summed E-state index contributed by atoms with van der Waals surface area (Å²) in [6, 6.07) is 8.26. The van der Waals surface area contributed by atoms with E-state index in [2.05, 4.69) is 56.2 Å². The number of anilines is 2. The Bertz CT molecular complexity index is 777. The topological polar surface area (TPSA) is 45.2 Å². The van der Waals surface area contributed by atoms with Crippen LogP contribution in [-0.2, 0) is 0 Å². The second-order valence-electron chi connectivity index (χ2n) is 7.76. The zero-order valence-corrected chi connectivity index (χ0v) is 16.2. The summed E-state index contributed by atoms with van der Waals surface area (Å²) in [5.41, 5.74) is 5.09. The van der Waals surface area contributed by atoms with Crippen molar-refractivity contribution in [2.45, 2.75) is 46.5 Å². The lowest BCUT2D eigenvalue weighted by atomic mass is 9.98. The third kappa shape index (κ3) is 4.06. The number of rotatable bonds is 4. The summed E-state index contributed by atoms with van der Waals surface area (Å²) in [6.45, 7) is 10.4. The summed E-state index contributed by atoms with van der Waals surface area (Å²) >= 11 is 0. The molecule has 3 rings (SSSR count). The number of pyridine rings is 1. The van der Waals surface area contributed by atoms with Crippen molar-refractivity contribution < 1.29 is 4.79 Å². The number of carbonyl (C=O) groups excluding carboxylic acids is 1. The van der Waals surface area contributed by atoms with Crippen LogP contribution in [-0.4, -0.2) is 28.9 Å². The molecular formula is C22H29N3O. The van der Waals surface area contributed by atoms with Crippen LogP contribution in [0.5, 0.6) is 0 Å². The van der Waals surface area contributed by atoms with E-state index in [0.29, 0.717) is 17.4 Å². The number of aromatic nitrogens is 1. The van der Waals surface area contributed by atoms with Crippen LogP contribution in [0.1, 0.15) is 61.0 Å². The molecule has 0 spiro atoms. The van der Waals surface area contributed by atoms with Crippen molar-refractivity contribution in [1.29, 1.82) is 0 Å². The van der Waals surface area contributed by atoms with Gasteiger partial charge in [0, 0.05) is 25.0 Å². The predicted molar refractivity (Wildman–Crippen MR) is 107 cm³/mol. The maximum atomic E-state index is 12.8. The van der Waals surface area contributed by atoms with Gasteiger partial charge in [0.05, 0.1) is 17.4 Å². The SMILES string of the molecule is Cc1cccc(C(C)C)c1Nc1cncc(C(=O)N2CCC(C)CC2)c1. The van der Waals surface area contributed by atoms with Crippen LogP contribution in [0.2, 0.25) is 0 Å². The number of amides is 1. The molecule has 1 saturated heterocycles. The number of hydrogen-bond donors (Lipinski definition) is 1. The van der Waals surface area contributed by atoms with E-state index in [4.69, 9.17) is 0 Å². The molecule has 1 aromatic carbocycles. The molecule has 0 bridgehead atoms. The first kappa shape index (κ1) is 18.4. The van der Waals surface area contributed by atoms with Crippen LogP contribution >= 0.6 is 0 Å². The van der Waals surface area contributed by atoms with Gasteiger partial charge in [-0.05, 0) is 48.8 Å². The van der Waals surface area contributed by atoms with Crippen LogP contribution in [0.15, 0.2) is 36.7 Å². The van der Waals surface area contributed by atoms with Crippen LogP contribution in [0, 0.1) is 12.8 Å². The number of piperidine rings is 1. The molecule has 0 unspecified atom stereocenters. The van der Waals surface area contributed by atoms with Gasteiger partial charge in [-0.15, -0.1) is 0 Å². The van der Waals surface area contributed by atoms with Gasteiger partial charge in [-0.3, -0.25) is 9.78 Å². The van der Waals surface area contributed by atoms with Crippen molar-refractivity contribution in [3.8, 4) is 0 Å². The zero-order chi connectivity index (χ0) is 18.7. The van der Waals surface area contributed by atoms with Gasteiger partial charge in [0.15, 0.2) is 0 Å². The minimum absolute atomic E-state index is 0.0851. The number of benzene rings is 1. The number of aryl methyl sites for hydroxylation is 1. The summed E-state index contributed by atoms with van der Waals surface area (Å²) in [4.78, 5) is 19.1. The molecule has 4 nitrogen and oxygen atoms in total. The Morgan fingerprint density at radius 1 is 1.23 bits per heavy atom. The van der Waals surface area contributed by atoms with Crippen LogP contribution in [0.4, 0.5) is 11.4 Å². The van der Waals surface area contributed by atoms with Gasteiger partial charge in [-0.25, -0.2) is 0 Å². The lowest BCUT2D eigenvalue weighted by molar-refractivity contribution is 0.0697.